The summed E-state index contributed by atoms with van der Waals surface area (Å²) in [5.74, 6) is 0.333. The number of benzene rings is 1. The monoisotopic (exact) mass is 458 g/mol. The van der Waals surface area contributed by atoms with Crippen molar-refractivity contribution in [1.29, 1.82) is 0 Å². The Hall–Kier alpha value is -2.00. The van der Waals surface area contributed by atoms with E-state index in [0.29, 0.717) is 52.0 Å². The Bertz CT molecular complexity index is 804. The first kappa shape index (κ1) is 24.1. The SMILES string of the molecule is C[C@H](CC(=O)N1CCC(O)(CN2CNC(N3CCC(O)CC3)CC2=O)CC1)c1ccccc1. The van der Waals surface area contributed by atoms with Crippen LogP contribution in [-0.4, -0.2) is 94.0 Å². The highest BCUT2D eigenvalue weighted by Crippen LogP contribution is 2.27. The zero-order chi connectivity index (χ0) is 23.4. The standard InChI is InChI=1S/C25H38N4O4/c1-19(20-5-3-2-4-6-20)15-23(31)28-13-9-25(33,10-14-28)17-29-18-26-22(16-24(29)32)27-11-7-21(30)8-12-27/h2-6,19,21-22,26,30,33H,7-18H2,1H3/t19-,22?/m1/s1. The van der Waals surface area contributed by atoms with Crippen molar-refractivity contribution in [2.45, 2.75) is 69.2 Å². The maximum absolute atomic E-state index is 12.8. The minimum atomic E-state index is -0.957. The summed E-state index contributed by atoms with van der Waals surface area (Å²) >= 11 is 0. The molecule has 2 atom stereocenters. The van der Waals surface area contributed by atoms with Crippen molar-refractivity contribution in [3.05, 3.63) is 35.9 Å². The normalized spacial score (nSPS) is 25.8. The van der Waals surface area contributed by atoms with Gasteiger partial charge in [-0.15, -0.1) is 0 Å². The van der Waals surface area contributed by atoms with E-state index in [2.05, 4.69) is 29.3 Å². The molecule has 3 aliphatic rings. The first-order chi connectivity index (χ1) is 15.8. The molecule has 0 spiro atoms. The minimum Gasteiger partial charge on any atom is -0.393 e. The smallest absolute Gasteiger partial charge is 0.226 e. The largest absolute Gasteiger partial charge is 0.393 e. The highest BCUT2D eigenvalue weighted by molar-refractivity contribution is 5.78. The molecule has 1 aromatic rings. The van der Waals surface area contributed by atoms with Gasteiger partial charge < -0.3 is 20.0 Å². The van der Waals surface area contributed by atoms with Gasteiger partial charge in [-0.25, -0.2) is 0 Å². The number of nitrogens with one attached hydrogen (secondary N) is 1. The third-order valence-corrected chi connectivity index (χ3v) is 7.56. The van der Waals surface area contributed by atoms with E-state index in [4.69, 9.17) is 0 Å². The summed E-state index contributed by atoms with van der Waals surface area (Å²) < 4.78 is 0. The summed E-state index contributed by atoms with van der Waals surface area (Å²) in [6.07, 6.45) is 3.07. The van der Waals surface area contributed by atoms with E-state index in [9.17, 15) is 19.8 Å². The Balaban J connectivity index is 1.22. The van der Waals surface area contributed by atoms with Crippen LogP contribution in [0.25, 0.3) is 0 Å². The van der Waals surface area contributed by atoms with Gasteiger partial charge >= 0.3 is 0 Å². The fourth-order valence-electron chi connectivity index (χ4n) is 5.25. The van der Waals surface area contributed by atoms with E-state index in [1.54, 1.807) is 4.90 Å². The lowest BCUT2D eigenvalue weighted by molar-refractivity contribution is -0.146. The summed E-state index contributed by atoms with van der Waals surface area (Å²) in [5.41, 5.74) is 0.204. The van der Waals surface area contributed by atoms with Gasteiger partial charge in [0, 0.05) is 32.6 Å². The fourth-order valence-corrected chi connectivity index (χ4v) is 5.25. The molecule has 0 saturated carbocycles. The molecule has 0 aromatic heterocycles. The van der Waals surface area contributed by atoms with Crippen LogP contribution in [0.4, 0.5) is 0 Å². The van der Waals surface area contributed by atoms with Crippen LogP contribution in [0.2, 0.25) is 0 Å². The van der Waals surface area contributed by atoms with Crippen molar-refractivity contribution in [3.8, 4) is 0 Å². The van der Waals surface area contributed by atoms with Gasteiger partial charge in [0.2, 0.25) is 11.8 Å². The number of aliphatic hydroxyl groups excluding tert-OH is 1. The van der Waals surface area contributed by atoms with E-state index < -0.39 is 5.60 Å². The predicted octanol–water partition coefficient (Wildman–Crippen LogP) is 1.10. The van der Waals surface area contributed by atoms with Crippen molar-refractivity contribution < 1.29 is 19.8 Å². The van der Waals surface area contributed by atoms with Crippen LogP contribution in [0, 0.1) is 0 Å². The Kier molecular flexibility index (Phi) is 7.69. The van der Waals surface area contributed by atoms with Gasteiger partial charge in [0.25, 0.3) is 0 Å². The minimum absolute atomic E-state index is 0.00182. The second kappa shape index (κ2) is 10.5. The third kappa shape index (κ3) is 6.12. The summed E-state index contributed by atoms with van der Waals surface area (Å²) in [5, 5.41) is 24.3. The van der Waals surface area contributed by atoms with Crippen LogP contribution in [-0.2, 0) is 9.59 Å². The van der Waals surface area contributed by atoms with E-state index >= 15 is 0 Å². The molecule has 2 amide bonds. The van der Waals surface area contributed by atoms with Crippen molar-refractivity contribution in [3.63, 3.8) is 0 Å². The number of β-amino-alcohol motifs (C(OH)–C–C–N with tert-alkyl or cyclic N) is 1. The lowest BCUT2D eigenvalue weighted by Crippen LogP contribution is -2.62. The van der Waals surface area contributed by atoms with Gasteiger partial charge in [-0.05, 0) is 37.2 Å². The molecule has 3 saturated heterocycles. The second-order valence-electron chi connectivity index (χ2n) is 10.1. The average Bonchev–Trinajstić information content (AvgIpc) is 2.82. The number of piperidine rings is 2. The molecule has 3 N–H and O–H groups in total. The lowest BCUT2D eigenvalue weighted by atomic mass is 9.89. The van der Waals surface area contributed by atoms with Gasteiger partial charge in [0.05, 0.1) is 37.5 Å². The molecular weight excluding hydrogens is 420 g/mol. The number of nitrogens with zero attached hydrogens (tertiary/aromatic N) is 3. The zero-order valence-electron chi connectivity index (χ0n) is 19.7. The molecular formula is C25H38N4O4. The van der Waals surface area contributed by atoms with Gasteiger partial charge in [0.15, 0.2) is 0 Å². The van der Waals surface area contributed by atoms with Crippen LogP contribution in [0.3, 0.4) is 0 Å². The third-order valence-electron chi connectivity index (χ3n) is 7.56. The number of hydrogen-bond donors (Lipinski definition) is 3. The van der Waals surface area contributed by atoms with Crippen molar-refractivity contribution in [2.24, 2.45) is 0 Å². The molecule has 0 bridgehead atoms. The predicted molar refractivity (Wildman–Crippen MR) is 125 cm³/mol. The van der Waals surface area contributed by atoms with E-state index in [-0.39, 0.29) is 30.0 Å². The Morgan fingerprint density at radius 3 is 2.45 bits per heavy atom. The van der Waals surface area contributed by atoms with Crippen LogP contribution < -0.4 is 5.32 Å². The van der Waals surface area contributed by atoms with Crippen molar-refractivity contribution in [1.82, 2.24) is 20.0 Å². The van der Waals surface area contributed by atoms with Crippen molar-refractivity contribution >= 4 is 11.8 Å². The van der Waals surface area contributed by atoms with E-state index in [1.165, 1.54) is 0 Å². The second-order valence-corrected chi connectivity index (χ2v) is 10.1. The van der Waals surface area contributed by atoms with E-state index in [1.807, 2.05) is 23.1 Å². The van der Waals surface area contributed by atoms with Gasteiger partial charge in [-0.3, -0.25) is 19.8 Å². The number of carbonyl (C=O) groups excluding carboxylic acids is 2. The number of rotatable bonds is 6. The Morgan fingerprint density at radius 2 is 1.82 bits per heavy atom. The number of aliphatic hydroxyl groups is 2. The molecule has 8 heteroatoms. The quantitative estimate of drug-likeness (QED) is 0.591. The summed E-state index contributed by atoms with van der Waals surface area (Å²) in [4.78, 5) is 31.4. The van der Waals surface area contributed by atoms with Crippen LogP contribution in [0.5, 0.6) is 0 Å². The molecule has 3 fully saturated rings. The Morgan fingerprint density at radius 1 is 1.15 bits per heavy atom. The first-order valence-corrected chi connectivity index (χ1v) is 12.3. The number of amides is 2. The van der Waals surface area contributed by atoms with Crippen LogP contribution in [0.15, 0.2) is 30.3 Å². The molecule has 1 unspecified atom stereocenters. The maximum atomic E-state index is 12.8. The number of hydrogen-bond acceptors (Lipinski definition) is 6. The summed E-state index contributed by atoms with van der Waals surface area (Å²) in [6.45, 7) is 5.41. The van der Waals surface area contributed by atoms with Gasteiger partial charge in [-0.2, -0.15) is 0 Å². The molecule has 4 rings (SSSR count). The highest BCUT2D eigenvalue weighted by atomic mass is 16.3. The molecule has 0 radical (unpaired) electrons. The fraction of sp³-hybridized carbons (Fsp3) is 0.680. The molecule has 8 nitrogen and oxygen atoms in total. The number of likely N-dealkylation sites (tertiary alicyclic amines) is 2. The molecule has 3 aliphatic heterocycles. The summed E-state index contributed by atoms with van der Waals surface area (Å²) in [6, 6.07) is 10.1. The van der Waals surface area contributed by atoms with Crippen LogP contribution in [0.1, 0.15) is 56.9 Å². The summed E-state index contributed by atoms with van der Waals surface area (Å²) in [7, 11) is 0. The highest BCUT2D eigenvalue weighted by Gasteiger charge is 2.39. The molecule has 3 heterocycles. The molecule has 0 aliphatic carbocycles. The molecule has 33 heavy (non-hydrogen) atoms. The first-order valence-electron chi connectivity index (χ1n) is 12.3. The number of carbonyl (C=O) groups is 2. The molecule has 182 valence electrons. The maximum Gasteiger partial charge on any atom is 0.226 e. The van der Waals surface area contributed by atoms with Gasteiger partial charge in [0.1, 0.15) is 0 Å². The average molecular weight is 459 g/mol. The van der Waals surface area contributed by atoms with E-state index in [0.717, 1.165) is 31.5 Å². The van der Waals surface area contributed by atoms with Crippen molar-refractivity contribution in [2.75, 3.05) is 39.4 Å². The zero-order valence-corrected chi connectivity index (χ0v) is 19.7. The lowest BCUT2D eigenvalue weighted by Gasteiger charge is -2.45. The topological polar surface area (TPSA) is 96.4 Å². The molecule has 1 aromatic carbocycles. The van der Waals surface area contributed by atoms with Gasteiger partial charge in [-0.1, -0.05) is 37.3 Å². The Labute approximate surface area is 196 Å². The van der Waals surface area contributed by atoms with Crippen LogP contribution >= 0.6 is 0 Å².